The lowest BCUT2D eigenvalue weighted by molar-refractivity contribution is -0.118. The highest BCUT2D eigenvalue weighted by atomic mass is 16.2. The molecule has 4 heteroatoms. The highest BCUT2D eigenvalue weighted by molar-refractivity contribution is 6.04. The minimum Gasteiger partial charge on any atom is -0.358 e. The summed E-state index contributed by atoms with van der Waals surface area (Å²) in [7, 11) is 0. The van der Waals surface area contributed by atoms with Gasteiger partial charge in [-0.25, -0.2) is 0 Å². The third kappa shape index (κ3) is 1.39. The minimum atomic E-state index is -0.0727. The summed E-state index contributed by atoms with van der Waals surface area (Å²) in [5, 5.41) is 11.9. The Bertz CT molecular complexity index is 532. The van der Waals surface area contributed by atoms with Gasteiger partial charge in [-0.05, 0) is 30.5 Å². The molecule has 0 saturated carbocycles. The molecule has 0 aliphatic carbocycles. The molecule has 0 bridgehead atoms. The lowest BCUT2D eigenvalue weighted by atomic mass is 9.99. The van der Waals surface area contributed by atoms with E-state index in [1.54, 1.807) is 6.07 Å². The third-order valence-corrected chi connectivity index (χ3v) is 3.66. The number of hydrogen-bond donors (Lipinski definition) is 1. The number of nitrogens with one attached hydrogen (secondary N) is 1. The van der Waals surface area contributed by atoms with Gasteiger partial charge in [0.1, 0.15) is 6.04 Å². The van der Waals surface area contributed by atoms with Crippen LogP contribution in [0.3, 0.4) is 0 Å². The van der Waals surface area contributed by atoms with Crippen LogP contribution in [0.4, 0.5) is 11.4 Å². The predicted molar refractivity (Wildman–Crippen MR) is 64.7 cm³/mol. The number of fused-ring (bicyclic) bond motifs is 3. The Balaban J connectivity index is 2.11. The van der Waals surface area contributed by atoms with Crippen LogP contribution in [0.15, 0.2) is 18.2 Å². The number of rotatable bonds is 0. The van der Waals surface area contributed by atoms with Gasteiger partial charge < -0.3 is 10.2 Å². The van der Waals surface area contributed by atoms with E-state index < -0.39 is 0 Å². The molecule has 4 nitrogen and oxygen atoms in total. The Kier molecular flexibility index (Phi) is 2.08. The zero-order valence-electron chi connectivity index (χ0n) is 9.60. The van der Waals surface area contributed by atoms with E-state index >= 15 is 0 Å². The summed E-state index contributed by atoms with van der Waals surface area (Å²) in [6.07, 6.45) is 1.02. The summed E-state index contributed by atoms with van der Waals surface area (Å²) in [5.74, 6) is 0.445. The molecule has 1 amide bonds. The van der Waals surface area contributed by atoms with Crippen LogP contribution in [0.25, 0.3) is 0 Å². The van der Waals surface area contributed by atoms with Crippen molar-refractivity contribution >= 4 is 17.3 Å². The molecule has 3 rings (SSSR count). The fourth-order valence-corrected chi connectivity index (χ4v) is 2.77. The van der Waals surface area contributed by atoms with Gasteiger partial charge in [-0.1, -0.05) is 6.92 Å². The minimum absolute atomic E-state index is 0.0727. The highest BCUT2D eigenvalue weighted by Crippen LogP contribution is 2.39. The smallest absolute Gasteiger partial charge is 0.247 e. The van der Waals surface area contributed by atoms with E-state index in [0.29, 0.717) is 11.5 Å². The quantitative estimate of drug-likeness (QED) is 0.734. The van der Waals surface area contributed by atoms with Gasteiger partial charge in [0.05, 0.1) is 23.0 Å². The summed E-state index contributed by atoms with van der Waals surface area (Å²) >= 11 is 0. The van der Waals surface area contributed by atoms with Crippen molar-refractivity contribution in [3.05, 3.63) is 23.8 Å². The van der Waals surface area contributed by atoms with E-state index in [1.165, 1.54) is 0 Å². The van der Waals surface area contributed by atoms with Gasteiger partial charge in [-0.3, -0.25) is 4.79 Å². The molecule has 2 heterocycles. The van der Waals surface area contributed by atoms with E-state index in [-0.39, 0.29) is 11.9 Å². The van der Waals surface area contributed by atoms with Crippen molar-refractivity contribution < 1.29 is 4.79 Å². The lowest BCUT2D eigenvalue weighted by Gasteiger charge is -2.34. The van der Waals surface area contributed by atoms with E-state index in [4.69, 9.17) is 5.26 Å². The summed E-state index contributed by atoms with van der Waals surface area (Å²) < 4.78 is 0. The monoisotopic (exact) mass is 227 g/mol. The van der Waals surface area contributed by atoms with Crippen LogP contribution in [-0.2, 0) is 4.79 Å². The maximum absolute atomic E-state index is 12.0. The Morgan fingerprint density at radius 3 is 3.12 bits per heavy atom. The summed E-state index contributed by atoms with van der Waals surface area (Å²) in [6.45, 7) is 2.99. The highest BCUT2D eigenvalue weighted by Gasteiger charge is 2.40. The fraction of sp³-hybridized carbons (Fsp3) is 0.385. The van der Waals surface area contributed by atoms with Crippen molar-refractivity contribution in [2.45, 2.75) is 19.4 Å². The van der Waals surface area contributed by atoms with Crippen molar-refractivity contribution in [1.29, 1.82) is 5.26 Å². The zero-order valence-corrected chi connectivity index (χ0v) is 9.60. The first-order valence-electron chi connectivity index (χ1n) is 5.82. The Hall–Kier alpha value is -2.02. The molecule has 1 aromatic rings. The van der Waals surface area contributed by atoms with Gasteiger partial charge >= 0.3 is 0 Å². The number of hydrogen-bond acceptors (Lipinski definition) is 3. The van der Waals surface area contributed by atoms with E-state index in [1.807, 2.05) is 12.1 Å². The molecule has 17 heavy (non-hydrogen) atoms. The third-order valence-electron chi connectivity index (χ3n) is 3.66. The first-order chi connectivity index (χ1) is 8.20. The lowest BCUT2D eigenvalue weighted by Crippen LogP contribution is -2.46. The Morgan fingerprint density at radius 2 is 2.35 bits per heavy atom. The van der Waals surface area contributed by atoms with Crippen LogP contribution in [0.1, 0.15) is 18.9 Å². The first-order valence-corrected chi connectivity index (χ1v) is 5.82. The van der Waals surface area contributed by atoms with Crippen molar-refractivity contribution in [3.8, 4) is 6.07 Å². The summed E-state index contributed by atoms with van der Waals surface area (Å²) in [4.78, 5) is 14.1. The number of nitriles is 1. The largest absolute Gasteiger partial charge is 0.358 e. The normalized spacial score (nSPS) is 25.9. The fourth-order valence-electron chi connectivity index (χ4n) is 2.77. The van der Waals surface area contributed by atoms with E-state index in [9.17, 15) is 4.79 Å². The average molecular weight is 227 g/mol. The second kappa shape index (κ2) is 3.49. The van der Waals surface area contributed by atoms with Crippen LogP contribution >= 0.6 is 0 Å². The van der Waals surface area contributed by atoms with Gasteiger partial charge in [0.2, 0.25) is 5.91 Å². The second-order valence-corrected chi connectivity index (χ2v) is 4.74. The molecule has 0 aromatic heterocycles. The molecule has 1 aromatic carbocycles. The maximum Gasteiger partial charge on any atom is 0.247 e. The first kappa shape index (κ1) is 10.2. The molecular weight excluding hydrogens is 214 g/mol. The number of benzene rings is 1. The number of nitrogens with zero attached hydrogens (tertiary/aromatic N) is 2. The molecule has 0 radical (unpaired) electrons. The molecule has 2 unspecified atom stereocenters. The van der Waals surface area contributed by atoms with Gasteiger partial charge in [0.15, 0.2) is 0 Å². The number of amides is 1. The molecule has 0 spiro atoms. The number of anilines is 2. The van der Waals surface area contributed by atoms with Gasteiger partial charge in [0.25, 0.3) is 0 Å². The van der Waals surface area contributed by atoms with Crippen molar-refractivity contribution in [1.82, 2.24) is 0 Å². The molecule has 2 atom stereocenters. The van der Waals surface area contributed by atoms with E-state index in [0.717, 1.165) is 24.3 Å². The van der Waals surface area contributed by atoms with Crippen molar-refractivity contribution in [2.24, 2.45) is 5.92 Å². The maximum atomic E-state index is 12.0. The number of carbonyl (C=O) groups is 1. The molecule has 1 saturated heterocycles. The van der Waals surface area contributed by atoms with Crippen LogP contribution in [0, 0.1) is 17.2 Å². The Labute approximate surface area is 99.8 Å². The Morgan fingerprint density at radius 1 is 1.53 bits per heavy atom. The van der Waals surface area contributed by atoms with Crippen molar-refractivity contribution in [3.63, 3.8) is 0 Å². The average Bonchev–Trinajstić information content (AvgIpc) is 2.72. The molecule has 86 valence electrons. The van der Waals surface area contributed by atoms with Crippen LogP contribution in [-0.4, -0.2) is 18.5 Å². The standard InChI is InChI=1S/C13H13N3O/c1-8-4-5-16-11-6-9(7-14)2-3-10(11)15-13(17)12(8)16/h2-3,6,8,12H,4-5H2,1H3,(H,15,17). The molecule has 2 aliphatic rings. The second-order valence-electron chi connectivity index (χ2n) is 4.74. The van der Waals surface area contributed by atoms with Crippen molar-refractivity contribution in [2.75, 3.05) is 16.8 Å². The summed E-state index contributed by atoms with van der Waals surface area (Å²) in [6, 6.07) is 7.47. The van der Waals surface area contributed by atoms with Gasteiger partial charge in [-0.2, -0.15) is 5.26 Å². The SMILES string of the molecule is CC1CCN2c3cc(C#N)ccc3NC(=O)C12. The van der Waals surface area contributed by atoms with Gasteiger partial charge in [0, 0.05) is 6.54 Å². The zero-order chi connectivity index (χ0) is 12.0. The summed E-state index contributed by atoms with van der Waals surface area (Å²) in [5.41, 5.74) is 2.44. The predicted octanol–water partition coefficient (Wildman–Crippen LogP) is 1.73. The number of carbonyl (C=O) groups excluding carboxylic acids is 1. The topological polar surface area (TPSA) is 56.1 Å². The van der Waals surface area contributed by atoms with E-state index in [2.05, 4.69) is 23.2 Å². The van der Waals surface area contributed by atoms with Crippen LogP contribution in [0.2, 0.25) is 0 Å². The molecule has 2 aliphatic heterocycles. The molecular formula is C13H13N3O. The molecule has 1 N–H and O–H groups in total. The van der Waals surface area contributed by atoms with Gasteiger partial charge in [-0.15, -0.1) is 0 Å². The van der Waals surface area contributed by atoms with Crippen LogP contribution < -0.4 is 10.2 Å². The van der Waals surface area contributed by atoms with Crippen LogP contribution in [0.5, 0.6) is 0 Å². The molecule has 1 fully saturated rings.